The highest BCUT2D eigenvalue weighted by Crippen LogP contribution is 2.34. The van der Waals surface area contributed by atoms with Crippen LogP contribution in [-0.4, -0.2) is 52.2 Å². The van der Waals surface area contributed by atoms with Crippen LogP contribution in [0.15, 0.2) is 54.6 Å². The Bertz CT molecular complexity index is 1010. The lowest BCUT2D eigenvalue weighted by Crippen LogP contribution is -2.36. The van der Waals surface area contributed by atoms with Gasteiger partial charge in [0.25, 0.3) is 0 Å². The normalized spacial score (nSPS) is 14.6. The van der Waals surface area contributed by atoms with Gasteiger partial charge in [-0.15, -0.1) is 0 Å². The van der Waals surface area contributed by atoms with Crippen LogP contribution in [0.3, 0.4) is 0 Å². The van der Waals surface area contributed by atoms with Gasteiger partial charge in [0.1, 0.15) is 5.75 Å². The number of aliphatic hydroxyl groups excluding tert-OH is 1. The molecule has 1 N–H and O–H groups in total. The third kappa shape index (κ3) is 6.44. The molecule has 6 nitrogen and oxygen atoms in total. The van der Waals surface area contributed by atoms with E-state index >= 15 is 0 Å². The largest absolute Gasteiger partial charge is 0.439 e. The lowest BCUT2D eigenvalue weighted by atomic mass is 10.2. The summed E-state index contributed by atoms with van der Waals surface area (Å²) in [5.74, 6) is 2.21. The topological polar surface area (TPSA) is 59.8 Å². The standard InChI is InChI=1S/C27H35N3O3/c1-4-32-19-24(31)17-29(16-22-12-13-22)18-26-21(3)28-30(23-8-6-5-7-9-23)27(26)33-25-14-10-20(2)11-15-25/h5-11,14-15,22,24,31H,4,12-13,16-19H2,1-3H3/t24-/m0/s1. The molecule has 1 saturated carbocycles. The van der Waals surface area contributed by atoms with Crippen molar-refractivity contribution >= 4 is 0 Å². The minimum atomic E-state index is -0.519. The smallest absolute Gasteiger partial charge is 0.227 e. The van der Waals surface area contributed by atoms with Crippen LogP contribution < -0.4 is 4.74 Å². The average molecular weight is 450 g/mol. The van der Waals surface area contributed by atoms with Crippen LogP contribution in [0, 0.1) is 19.8 Å². The number of aliphatic hydroxyl groups is 1. The molecule has 3 aromatic rings. The molecule has 0 saturated heterocycles. The Morgan fingerprint density at radius 2 is 1.82 bits per heavy atom. The van der Waals surface area contributed by atoms with Crippen LogP contribution in [0.25, 0.3) is 5.69 Å². The van der Waals surface area contributed by atoms with Crippen molar-refractivity contribution in [1.82, 2.24) is 14.7 Å². The van der Waals surface area contributed by atoms with E-state index in [1.54, 1.807) is 0 Å². The maximum atomic E-state index is 10.5. The van der Waals surface area contributed by atoms with Crippen molar-refractivity contribution in [3.63, 3.8) is 0 Å². The van der Waals surface area contributed by atoms with Crippen LogP contribution in [0.4, 0.5) is 0 Å². The van der Waals surface area contributed by atoms with Crippen LogP contribution in [-0.2, 0) is 11.3 Å². The Morgan fingerprint density at radius 1 is 1.09 bits per heavy atom. The number of hydrogen-bond acceptors (Lipinski definition) is 5. The van der Waals surface area contributed by atoms with Gasteiger partial charge in [0, 0.05) is 26.2 Å². The summed E-state index contributed by atoms with van der Waals surface area (Å²) in [4.78, 5) is 2.32. The van der Waals surface area contributed by atoms with Gasteiger partial charge in [-0.25, -0.2) is 4.68 Å². The van der Waals surface area contributed by atoms with E-state index in [1.165, 1.54) is 18.4 Å². The van der Waals surface area contributed by atoms with Crippen molar-refractivity contribution in [2.75, 3.05) is 26.3 Å². The number of hydrogen-bond donors (Lipinski definition) is 1. The fraction of sp³-hybridized carbons (Fsp3) is 0.444. The Balaban J connectivity index is 1.64. The molecule has 0 amide bonds. The second kappa shape index (κ2) is 11.0. The second-order valence-electron chi connectivity index (χ2n) is 8.98. The summed E-state index contributed by atoms with van der Waals surface area (Å²) in [6.07, 6.45) is 2.00. The van der Waals surface area contributed by atoms with Gasteiger partial charge < -0.3 is 14.6 Å². The quantitative estimate of drug-likeness (QED) is 0.427. The van der Waals surface area contributed by atoms with Crippen LogP contribution in [0.2, 0.25) is 0 Å². The highest BCUT2D eigenvalue weighted by molar-refractivity contribution is 5.43. The zero-order chi connectivity index (χ0) is 23.2. The summed E-state index contributed by atoms with van der Waals surface area (Å²) >= 11 is 0. The maximum absolute atomic E-state index is 10.5. The van der Waals surface area contributed by atoms with E-state index < -0.39 is 6.10 Å². The summed E-state index contributed by atoms with van der Waals surface area (Å²) in [5.41, 5.74) is 4.12. The van der Waals surface area contributed by atoms with Crippen molar-refractivity contribution < 1.29 is 14.6 Å². The van der Waals surface area contributed by atoms with Crippen molar-refractivity contribution in [2.24, 2.45) is 5.92 Å². The molecule has 0 unspecified atom stereocenters. The van der Waals surface area contributed by atoms with Gasteiger partial charge in [-0.1, -0.05) is 35.9 Å². The number of aromatic nitrogens is 2. The minimum Gasteiger partial charge on any atom is -0.439 e. The van der Waals surface area contributed by atoms with Gasteiger partial charge in [0.15, 0.2) is 0 Å². The Kier molecular flexibility index (Phi) is 7.81. The summed E-state index contributed by atoms with van der Waals surface area (Å²) in [6.45, 7) is 9.20. The molecule has 0 aliphatic heterocycles. The van der Waals surface area contributed by atoms with Crippen molar-refractivity contribution in [1.29, 1.82) is 0 Å². The number of benzene rings is 2. The molecule has 1 aliphatic carbocycles. The molecule has 6 heteroatoms. The number of aryl methyl sites for hydroxylation is 2. The Morgan fingerprint density at radius 3 is 2.48 bits per heavy atom. The SMILES string of the molecule is CCOC[C@@H](O)CN(Cc1c(C)nn(-c2ccccc2)c1Oc1ccc(C)cc1)CC1CC1. The Labute approximate surface area is 196 Å². The van der Waals surface area contributed by atoms with E-state index in [9.17, 15) is 5.11 Å². The maximum Gasteiger partial charge on any atom is 0.227 e. The molecule has 2 aromatic carbocycles. The molecule has 1 aromatic heterocycles. The molecular weight excluding hydrogens is 414 g/mol. The molecule has 0 spiro atoms. The van der Waals surface area contributed by atoms with Gasteiger partial charge in [0.2, 0.25) is 5.88 Å². The lowest BCUT2D eigenvalue weighted by Gasteiger charge is -2.25. The van der Waals surface area contributed by atoms with Gasteiger partial charge in [-0.05, 0) is 63.8 Å². The number of rotatable bonds is 12. The third-order valence-corrected chi connectivity index (χ3v) is 5.95. The molecule has 0 bridgehead atoms. The van der Waals surface area contributed by atoms with Crippen molar-refractivity contribution in [3.8, 4) is 17.3 Å². The van der Waals surface area contributed by atoms with E-state index in [-0.39, 0.29) is 0 Å². The number of nitrogens with zero attached hydrogens (tertiary/aromatic N) is 3. The zero-order valence-corrected chi connectivity index (χ0v) is 19.9. The molecule has 176 valence electrons. The first-order valence-corrected chi connectivity index (χ1v) is 11.9. The van der Waals surface area contributed by atoms with Crippen molar-refractivity contribution in [2.45, 2.75) is 46.3 Å². The third-order valence-electron chi connectivity index (χ3n) is 5.95. The van der Waals surface area contributed by atoms with Crippen LogP contribution >= 0.6 is 0 Å². The fourth-order valence-corrected chi connectivity index (χ4v) is 3.98. The van der Waals surface area contributed by atoms with Crippen molar-refractivity contribution in [3.05, 3.63) is 71.4 Å². The van der Waals surface area contributed by atoms with Crippen LogP contribution in [0.1, 0.15) is 36.6 Å². The molecule has 1 fully saturated rings. The first kappa shape index (κ1) is 23.5. The first-order chi connectivity index (χ1) is 16.0. The summed E-state index contributed by atoms with van der Waals surface area (Å²) in [6, 6.07) is 18.2. The van der Waals surface area contributed by atoms with E-state index in [0.717, 1.165) is 35.1 Å². The zero-order valence-electron chi connectivity index (χ0n) is 19.9. The molecule has 1 heterocycles. The first-order valence-electron chi connectivity index (χ1n) is 11.9. The average Bonchev–Trinajstić information content (AvgIpc) is 3.58. The van der Waals surface area contributed by atoms with Crippen LogP contribution in [0.5, 0.6) is 11.6 Å². The molecule has 33 heavy (non-hydrogen) atoms. The van der Waals surface area contributed by atoms with Gasteiger partial charge in [-0.2, -0.15) is 5.10 Å². The molecule has 0 radical (unpaired) electrons. The van der Waals surface area contributed by atoms with Gasteiger partial charge in [-0.3, -0.25) is 4.90 Å². The summed E-state index contributed by atoms with van der Waals surface area (Å²) in [5, 5.41) is 15.4. The lowest BCUT2D eigenvalue weighted by molar-refractivity contribution is 0.0186. The number of para-hydroxylation sites is 1. The summed E-state index contributed by atoms with van der Waals surface area (Å²) in [7, 11) is 0. The second-order valence-corrected chi connectivity index (χ2v) is 8.98. The molecule has 4 rings (SSSR count). The predicted octanol–water partition coefficient (Wildman–Crippen LogP) is 4.89. The monoisotopic (exact) mass is 449 g/mol. The molecular formula is C27H35N3O3. The van der Waals surface area contributed by atoms with E-state index in [0.29, 0.717) is 32.2 Å². The molecule has 1 atom stereocenters. The summed E-state index contributed by atoms with van der Waals surface area (Å²) < 4.78 is 13.8. The van der Waals surface area contributed by atoms with E-state index in [2.05, 4.69) is 24.0 Å². The fourth-order valence-electron chi connectivity index (χ4n) is 3.98. The highest BCUT2D eigenvalue weighted by Gasteiger charge is 2.28. The van der Waals surface area contributed by atoms with Gasteiger partial charge >= 0.3 is 0 Å². The minimum absolute atomic E-state index is 0.354. The van der Waals surface area contributed by atoms with Gasteiger partial charge in [0.05, 0.1) is 29.7 Å². The van der Waals surface area contributed by atoms with E-state index in [4.69, 9.17) is 14.6 Å². The predicted molar refractivity (Wildman–Crippen MR) is 130 cm³/mol. The number of ether oxygens (including phenoxy) is 2. The molecule has 1 aliphatic rings. The Hall–Kier alpha value is -2.67. The highest BCUT2D eigenvalue weighted by atomic mass is 16.5. The van der Waals surface area contributed by atoms with E-state index in [1.807, 2.05) is 61.0 Å².